The minimum atomic E-state index is -1.06. The van der Waals surface area contributed by atoms with E-state index in [0.717, 1.165) is 22.2 Å². The second kappa shape index (κ2) is 5.62. The number of para-hydroxylation sites is 1. The Hall–Kier alpha value is -3.47. The van der Waals surface area contributed by atoms with Gasteiger partial charge in [-0.05, 0) is 18.2 Å². The van der Waals surface area contributed by atoms with Gasteiger partial charge in [-0.3, -0.25) is 4.98 Å². The Morgan fingerprint density at radius 3 is 2.54 bits per heavy atom. The van der Waals surface area contributed by atoms with Crippen LogP contribution in [0.25, 0.3) is 27.8 Å². The minimum absolute atomic E-state index is 0.00165. The van der Waals surface area contributed by atoms with Crippen molar-refractivity contribution >= 4 is 16.9 Å². The highest BCUT2D eigenvalue weighted by Gasteiger charge is 2.17. The van der Waals surface area contributed by atoms with Gasteiger partial charge in [0.2, 0.25) is 0 Å². The number of hydrogen-bond donors (Lipinski definition) is 1. The molecule has 0 atom stereocenters. The van der Waals surface area contributed by atoms with Crippen LogP contribution in [0.2, 0.25) is 0 Å². The highest BCUT2D eigenvalue weighted by Crippen LogP contribution is 2.27. The summed E-state index contributed by atoms with van der Waals surface area (Å²) in [6.45, 7) is 0. The quantitative estimate of drug-likeness (QED) is 0.624. The molecule has 0 fully saturated rings. The lowest BCUT2D eigenvalue weighted by Gasteiger charge is -2.10. The van der Waals surface area contributed by atoms with Gasteiger partial charge in [0.25, 0.3) is 0 Å². The van der Waals surface area contributed by atoms with Gasteiger partial charge in [0.05, 0.1) is 16.9 Å². The summed E-state index contributed by atoms with van der Waals surface area (Å²) in [7, 11) is 0. The predicted molar refractivity (Wildman–Crippen MR) is 91.3 cm³/mol. The zero-order valence-electron chi connectivity index (χ0n) is 12.6. The van der Waals surface area contributed by atoms with Crippen molar-refractivity contribution in [2.24, 2.45) is 0 Å². The van der Waals surface area contributed by atoms with Crippen LogP contribution in [0.3, 0.4) is 0 Å². The smallest absolute Gasteiger partial charge is 0.356 e. The number of hydrogen-bond acceptors (Lipinski definition) is 3. The number of pyridine rings is 1. The van der Waals surface area contributed by atoms with Gasteiger partial charge >= 0.3 is 5.97 Å². The van der Waals surface area contributed by atoms with Gasteiger partial charge in [-0.1, -0.05) is 48.5 Å². The Morgan fingerprint density at radius 2 is 1.75 bits per heavy atom. The molecule has 1 N–H and O–H groups in total. The van der Waals surface area contributed by atoms with E-state index < -0.39 is 5.97 Å². The molecule has 4 aromatic rings. The molecule has 0 spiro atoms. The maximum atomic E-state index is 11.4. The van der Waals surface area contributed by atoms with Gasteiger partial charge in [0.15, 0.2) is 5.69 Å². The molecule has 5 heteroatoms. The van der Waals surface area contributed by atoms with Crippen molar-refractivity contribution in [2.75, 3.05) is 0 Å². The molecule has 2 heterocycles. The van der Waals surface area contributed by atoms with E-state index in [2.05, 4.69) is 10.1 Å². The third-order valence-corrected chi connectivity index (χ3v) is 3.84. The van der Waals surface area contributed by atoms with E-state index in [1.54, 1.807) is 16.9 Å². The fraction of sp³-hybridized carbons (Fsp3) is 0. The van der Waals surface area contributed by atoms with Crippen molar-refractivity contribution in [1.29, 1.82) is 0 Å². The Morgan fingerprint density at radius 1 is 0.958 bits per heavy atom. The lowest BCUT2D eigenvalue weighted by molar-refractivity contribution is 0.0690. The molecule has 0 aliphatic carbocycles. The van der Waals surface area contributed by atoms with Crippen LogP contribution in [0.15, 0.2) is 72.9 Å². The van der Waals surface area contributed by atoms with Crippen molar-refractivity contribution in [2.45, 2.75) is 0 Å². The molecule has 2 aromatic carbocycles. The third kappa shape index (κ3) is 2.32. The molecule has 2 aromatic heterocycles. The molecule has 116 valence electrons. The zero-order valence-corrected chi connectivity index (χ0v) is 12.6. The summed E-state index contributed by atoms with van der Waals surface area (Å²) in [5.41, 5.74) is 3.13. The number of carboxylic acid groups (broad SMARTS) is 1. The predicted octanol–water partition coefficient (Wildman–Crippen LogP) is 3.79. The van der Waals surface area contributed by atoms with Gasteiger partial charge in [-0.25, -0.2) is 9.48 Å². The fourth-order valence-electron chi connectivity index (χ4n) is 2.74. The number of nitrogens with zero attached hydrogens (tertiary/aromatic N) is 3. The van der Waals surface area contributed by atoms with Crippen LogP contribution in [0.5, 0.6) is 0 Å². The van der Waals surface area contributed by atoms with Gasteiger partial charge in [0, 0.05) is 17.1 Å². The van der Waals surface area contributed by atoms with E-state index in [4.69, 9.17) is 0 Å². The Balaban J connectivity index is 2.02. The zero-order chi connectivity index (χ0) is 16.5. The van der Waals surface area contributed by atoms with E-state index >= 15 is 0 Å². The first-order chi connectivity index (χ1) is 11.7. The molecule has 0 saturated carbocycles. The lowest BCUT2D eigenvalue weighted by Crippen LogP contribution is -2.03. The van der Waals surface area contributed by atoms with E-state index in [9.17, 15) is 9.90 Å². The van der Waals surface area contributed by atoms with Crippen LogP contribution in [-0.2, 0) is 0 Å². The second-order valence-electron chi connectivity index (χ2n) is 5.35. The van der Waals surface area contributed by atoms with Crippen LogP contribution in [0.1, 0.15) is 10.5 Å². The van der Waals surface area contributed by atoms with Crippen molar-refractivity contribution in [3.8, 4) is 16.9 Å². The maximum absolute atomic E-state index is 11.4. The first-order valence-electron chi connectivity index (χ1n) is 7.47. The van der Waals surface area contributed by atoms with Crippen LogP contribution in [0.4, 0.5) is 0 Å². The van der Waals surface area contributed by atoms with Gasteiger partial charge in [0.1, 0.15) is 0 Å². The van der Waals surface area contributed by atoms with E-state index in [1.165, 1.54) is 0 Å². The monoisotopic (exact) mass is 315 g/mol. The summed E-state index contributed by atoms with van der Waals surface area (Å²) in [4.78, 5) is 15.8. The van der Waals surface area contributed by atoms with E-state index in [0.29, 0.717) is 5.69 Å². The molecule has 0 radical (unpaired) electrons. The SMILES string of the molecule is O=C(O)c1cc(-c2ccccc2)n(-c2cccc3cccnc23)n1. The summed E-state index contributed by atoms with van der Waals surface area (Å²) in [6.07, 6.45) is 1.72. The average molecular weight is 315 g/mol. The van der Waals surface area contributed by atoms with Crippen molar-refractivity contribution in [3.05, 3.63) is 78.6 Å². The van der Waals surface area contributed by atoms with Gasteiger partial charge < -0.3 is 5.11 Å². The van der Waals surface area contributed by atoms with Crippen LogP contribution >= 0.6 is 0 Å². The van der Waals surface area contributed by atoms with Gasteiger partial charge in [-0.2, -0.15) is 5.10 Å². The first kappa shape index (κ1) is 14.1. The largest absolute Gasteiger partial charge is 0.476 e. The summed E-state index contributed by atoms with van der Waals surface area (Å²) >= 11 is 0. The van der Waals surface area contributed by atoms with Crippen LogP contribution < -0.4 is 0 Å². The second-order valence-corrected chi connectivity index (χ2v) is 5.35. The highest BCUT2D eigenvalue weighted by atomic mass is 16.4. The molecule has 0 amide bonds. The number of rotatable bonds is 3. The first-order valence-corrected chi connectivity index (χ1v) is 7.47. The molecule has 0 bridgehead atoms. The summed E-state index contributed by atoms with van der Waals surface area (Å²) in [5.74, 6) is -1.06. The molecular formula is C19H13N3O2. The number of aromatic nitrogens is 3. The van der Waals surface area contributed by atoms with Crippen molar-refractivity contribution in [3.63, 3.8) is 0 Å². The van der Waals surface area contributed by atoms with Gasteiger partial charge in [-0.15, -0.1) is 0 Å². The third-order valence-electron chi connectivity index (χ3n) is 3.84. The Kier molecular flexibility index (Phi) is 3.31. The van der Waals surface area contributed by atoms with E-state index in [-0.39, 0.29) is 5.69 Å². The molecule has 0 unspecified atom stereocenters. The van der Waals surface area contributed by atoms with Crippen LogP contribution in [-0.4, -0.2) is 25.8 Å². The Bertz CT molecular complexity index is 1030. The van der Waals surface area contributed by atoms with E-state index in [1.807, 2.05) is 60.7 Å². The molecule has 0 aliphatic heterocycles. The number of aromatic carboxylic acids is 1. The topological polar surface area (TPSA) is 68.0 Å². The van der Waals surface area contributed by atoms with Crippen molar-refractivity contribution < 1.29 is 9.90 Å². The number of carbonyl (C=O) groups is 1. The molecular weight excluding hydrogens is 302 g/mol. The Labute approximate surface area is 137 Å². The standard InChI is InChI=1S/C19H13N3O2/c23-19(24)15-12-17(13-6-2-1-3-7-13)22(21-15)16-10-4-8-14-9-5-11-20-18(14)16/h1-12H,(H,23,24). The maximum Gasteiger partial charge on any atom is 0.356 e. The minimum Gasteiger partial charge on any atom is -0.476 e. The molecule has 24 heavy (non-hydrogen) atoms. The fourth-order valence-corrected chi connectivity index (χ4v) is 2.74. The summed E-state index contributed by atoms with van der Waals surface area (Å²) in [5, 5.41) is 14.6. The molecule has 0 saturated heterocycles. The van der Waals surface area contributed by atoms with Crippen molar-refractivity contribution in [1.82, 2.24) is 14.8 Å². The highest BCUT2D eigenvalue weighted by molar-refractivity contribution is 5.90. The van der Waals surface area contributed by atoms with Crippen LogP contribution in [0, 0.1) is 0 Å². The molecule has 5 nitrogen and oxygen atoms in total. The number of fused-ring (bicyclic) bond motifs is 1. The average Bonchev–Trinajstić information content (AvgIpc) is 3.07. The normalized spacial score (nSPS) is 10.8. The molecule has 4 rings (SSSR count). The summed E-state index contributed by atoms with van der Waals surface area (Å²) < 4.78 is 1.65. The molecule has 0 aliphatic rings. The number of carboxylic acids is 1. The number of benzene rings is 2. The lowest BCUT2D eigenvalue weighted by atomic mass is 10.1. The summed E-state index contributed by atoms with van der Waals surface area (Å²) in [6, 6.07) is 20.8.